The first-order chi connectivity index (χ1) is 18.2. The number of halogens is 1. The van der Waals surface area contributed by atoms with E-state index in [1.54, 1.807) is 26.1 Å². The molecule has 4 atom stereocenters. The summed E-state index contributed by atoms with van der Waals surface area (Å²) in [7, 11) is 5.19. The summed E-state index contributed by atoms with van der Waals surface area (Å²) in [5, 5.41) is 7.02. The fourth-order valence-corrected chi connectivity index (χ4v) is 5.92. The maximum absolute atomic E-state index is 12.2. The second-order valence-electron chi connectivity index (χ2n) is 10.4. The van der Waals surface area contributed by atoms with E-state index in [0.29, 0.717) is 29.1 Å². The van der Waals surface area contributed by atoms with Gasteiger partial charge >= 0.3 is 0 Å². The van der Waals surface area contributed by atoms with Gasteiger partial charge in [0.15, 0.2) is 5.82 Å². The number of anilines is 3. The number of nitrogens with zero attached hydrogens (tertiary/aromatic N) is 4. The third-order valence-electron chi connectivity index (χ3n) is 7.86. The van der Waals surface area contributed by atoms with Crippen LogP contribution in [0.4, 0.5) is 17.5 Å². The van der Waals surface area contributed by atoms with Gasteiger partial charge in [-0.15, -0.1) is 0 Å². The zero-order chi connectivity index (χ0) is 27.0. The van der Waals surface area contributed by atoms with Crippen LogP contribution in [0.3, 0.4) is 0 Å². The molecule has 5 rings (SSSR count). The number of amides is 2. The molecule has 2 aromatic rings. The van der Waals surface area contributed by atoms with Gasteiger partial charge < -0.3 is 26.0 Å². The molecule has 1 aromatic heterocycles. The molecule has 1 saturated carbocycles. The Kier molecular flexibility index (Phi) is 7.45. The van der Waals surface area contributed by atoms with Crippen LogP contribution < -0.4 is 21.1 Å². The van der Waals surface area contributed by atoms with Crippen molar-refractivity contribution in [3.05, 3.63) is 46.6 Å². The highest BCUT2D eigenvalue weighted by Gasteiger charge is 2.47. The van der Waals surface area contributed by atoms with Gasteiger partial charge in [0.25, 0.3) is 0 Å². The zero-order valence-corrected chi connectivity index (χ0v) is 22.7. The normalized spacial score (nSPS) is 24.0. The lowest BCUT2D eigenvalue weighted by atomic mass is 9.88. The molecule has 2 bridgehead atoms. The summed E-state index contributed by atoms with van der Waals surface area (Å²) in [5.74, 6) is 1.33. The van der Waals surface area contributed by atoms with Crippen LogP contribution in [0.5, 0.6) is 5.75 Å². The van der Waals surface area contributed by atoms with Gasteiger partial charge in [-0.05, 0) is 54.4 Å². The van der Waals surface area contributed by atoms with E-state index in [4.69, 9.17) is 22.1 Å². The second kappa shape index (κ2) is 10.8. The molecule has 1 fully saturated rings. The third kappa shape index (κ3) is 5.28. The highest BCUT2D eigenvalue weighted by atomic mass is 35.5. The Balaban J connectivity index is 1.34. The van der Waals surface area contributed by atoms with E-state index in [1.165, 1.54) is 17.3 Å². The molecule has 4 N–H and O–H groups in total. The van der Waals surface area contributed by atoms with E-state index in [-0.39, 0.29) is 35.6 Å². The summed E-state index contributed by atoms with van der Waals surface area (Å²) in [5.41, 5.74) is 8.86. The van der Waals surface area contributed by atoms with Crippen molar-refractivity contribution in [2.45, 2.75) is 25.3 Å². The standard InChI is InChI=1S/C27H34ClN7O3/c1-34(2)22(36)14-35-8-6-15-11-20(21(38-3)12-16(15)7-9-35)31-27-30-13-19(28)26(33-27)32-24-18-5-4-17(10-18)23(24)25(29)37/h4-5,11-13,17-18,23-24H,6-10,14H2,1-3H3,(H2,29,37)(H2,30,31,32,33). The van der Waals surface area contributed by atoms with E-state index >= 15 is 0 Å². The van der Waals surface area contributed by atoms with Gasteiger partial charge in [0.2, 0.25) is 17.8 Å². The molecule has 4 unspecified atom stereocenters. The molecule has 38 heavy (non-hydrogen) atoms. The van der Waals surface area contributed by atoms with Gasteiger partial charge in [-0.3, -0.25) is 14.5 Å². The Bertz CT molecular complexity index is 1270. The summed E-state index contributed by atoms with van der Waals surface area (Å²) in [6.07, 6.45) is 8.29. The summed E-state index contributed by atoms with van der Waals surface area (Å²) < 4.78 is 5.69. The van der Waals surface area contributed by atoms with Crippen molar-refractivity contribution in [2.75, 3.05) is 51.5 Å². The Hall–Kier alpha value is -3.37. The van der Waals surface area contributed by atoms with E-state index in [9.17, 15) is 9.59 Å². The topological polar surface area (TPSA) is 126 Å². The maximum Gasteiger partial charge on any atom is 0.236 e. The lowest BCUT2D eigenvalue weighted by molar-refractivity contribution is -0.129. The van der Waals surface area contributed by atoms with Gasteiger partial charge in [0.1, 0.15) is 10.8 Å². The van der Waals surface area contributed by atoms with E-state index in [0.717, 1.165) is 38.0 Å². The van der Waals surface area contributed by atoms with Crippen LogP contribution in [0.15, 0.2) is 30.5 Å². The molecule has 3 aliphatic rings. The first kappa shape index (κ1) is 26.2. The summed E-state index contributed by atoms with van der Waals surface area (Å²) >= 11 is 6.44. The van der Waals surface area contributed by atoms with Gasteiger partial charge in [-0.1, -0.05) is 23.8 Å². The van der Waals surface area contributed by atoms with Crippen molar-refractivity contribution in [1.82, 2.24) is 19.8 Å². The summed E-state index contributed by atoms with van der Waals surface area (Å²) in [4.78, 5) is 37.1. The van der Waals surface area contributed by atoms with Crippen molar-refractivity contribution in [1.29, 1.82) is 0 Å². The van der Waals surface area contributed by atoms with Crippen LogP contribution in [-0.4, -0.2) is 78.5 Å². The number of ether oxygens (including phenoxy) is 1. The number of carbonyl (C=O) groups is 2. The monoisotopic (exact) mass is 539 g/mol. The van der Waals surface area contributed by atoms with Crippen molar-refractivity contribution in [2.24, 2.45) is 23.5 Å². The number of likely N-dealkylation sites (N-methyl/N-ethyl adjacent to an activating group) is 1. The number of hydrogen-bond acceptors (Lipinski definition) is 8. The fraction of sp³-hybridized carbons (Fsp3) is 0.481. The minimum Gasteiger partial charge on any atom is -0.495 e. The largest absolute Gasteiger partial charge is 0.495 e. The van der Waals surface area contributed by atoms with Crippen LogP contribution in [0.1, 0.15) is 17.5 Å². The highest BCUT2D eigenvalue weighted by molar-refractivity contribution is 6.32. The average Bonchev–Trinajstić information content (AvgIpc) is 3.44. The molecule has 11 heteroatoms. The number of primary amides is 1. The molecule has 0 saturated heterocycles. The summed E-state index contributed by atoms with van der Waals surface area (Å²) in [6.45, 7) is 2.01. The number of aromatic nitrogens is 2. The number of hydrogen-bond donors (Lipinski definition) is 3. The number of fused-ring (bicyclic) bond motifs is 3. The Morgan fingerprint density at radius 3 is 2.58 bits per heavy atom. The van der Waals surface area contributed by atoms with Crippen molar-refractivity contribution in [3.8, 4) is 5.75 Å². The number of benzene rings is 1. The molecule has 202 valence electrons. The zero-order valence-electron chi connectivity index (χ0n) is 21.9. The quantitative estimate of drug-likeness (QED) is 0.437. The fourth-order valence-electron chi connectivity index (χ4n) is 5.77. The average molecular weight is 540 g/mol. The molecule has 2 amide bonds. The Morgan fingerprint density at radius 2 is 1.89 bits per heavy atom. The minimum atomic E-state index is -0.317. The number of nitrogens with two attached hydrogens (primary N) is 1. The first-order valence-electron chi connectivity index (χ1n) is 12.9. The SMILES string of the molecule is COc1cc2c(cc1Nc1ncc(Cl)c(NC3C4C=CC(C4)C3C(N)=O)n1)CCN(CC(=O)N(C)C)CC2. The molecule has 10 nitrogen and oxygen atoms in total. The van der Waals surface area contributed by atoms with Crippen LogP contribution in [-0.2, 0) is 22.4 Å². The van der Waals surface area contributed by atoms with E-state index in [1.807, 2.05) is 6.07 Å². The molecule has 2 aliphatic carbocycles. The van der Waals surface area contributed by atoms with Gasteiger partial charge in [-0.25, -0.2) is 4.98 Å². The Morgan fingerprint density at radius 1 is 1.18 bits per heavy atom. The maximum atomic E-state index is 12.2. The Labute approximate surface area is 227 Å². The second-order valence-corrected chi connectivity index (χ2v) is 10.9. The van der Waals surface area contributed by atoms with Gasteiger partial charge in [0, 0.05) is 33.2 Å². The molecule has 0 spiro atoms. The lowest BCUT2D eigenvalue weighted by Gasteiger charge is -2.27. The highest BCUT2D eigenvalue weighted by Crippen LogP contribution is 2.45. The predicted molar refractivity (Wildman–Crippen MR) is 147 cm³/mol. The van der Waals surface area contributed by atoms with Gasteiger partial charge in [-0.2, -0.15) is 4.98 Å². The minimum absolute atomic E-state index is 0.101. The number of carbonyl (C=O) groups excluding carboxylic acids is 2. The van der Waals surface area contributed by atoms with Crippen molar-refractivity contribution < 1.29 is 14.3 Å². The molecule has 2 heterocycles. The van der Waals surface area contributed by atoms with Crippen molar-refractivity contribution >= 4 is 40.9 Å². The van der Waals surface area contributed by atoms with Crippen LogP contribution in [0.2, 0.25) is 5.02 Å². The number of methoxy groups -OCH3 is 1. The number of allylic oxidation sites excluding steroid dienone is 1. The number of rotatable bonds is 8. The lowest BCUT2D eigenvalue weighted by Crippen LogP contribution is -2.41. The van der Waals surface area contributed by atoms with Gasteiger partial charge in [0.05, 0.1) is 31.5 Å². The molecular formula is C27H34ClN7O3. The van der Waals surface area contributed by atoms with Crippen LogP contribution >= 0.6 is 11.6 Å². The molecular weight excluding hydrogens is 506 g/mol. The van der Waals surface area contributed by atoms with E-state index in [2.05, 4.69) is 43.7 Å². The number of nitrogens with one attached hydrogen (secondary N) is 2. The van der Waals surface area contributed by atoms with Crippen LogP contribution in [0, 0.1) is 17.8 Å². The summed E-state index contributed by atoms with van der Waals surface area (Å²) in [6, 6.07) is 3.95. The third-order valence-corrected chi connectivity index (χ3v) is 8.13. The molecule has 1 aliphatic heterocycles. The smallest absolute Gasteiger partial charge is 0.236 e. The van der Waals surface area contributed by atoms with E-state index < -0.39 is 0 Å². The van der Waals surface area contributed by atoms with Crippen molar-refractivity contribution in [3.63, 3.8) is 0 Å². The molecule has 0 radical (unpaired) electrons. The van der Waals surface area contributed by atoms with Crippen LogP contribution in [0.25, 0.3) is 0 Å². The predicted octanol–water partition coefficient (Wildman–Crippen LogP) is 2.46. The molecule has 1 aromatic carbocycles. The first-order valence-corrected chi connectivity index (χ1v) is 13.3.